The molecule has 0 heterocycles. The van der Waals surface area contributed by atoms with E-state index in [4.69, 9.17) is 16.3 Å². The number of ether oxygens (including phenoxy) is 1. The number of nitrogens with one attached hydrogen (secondary N) is 2. The molecule has 1 fully saturated rings. The summed E-state index contributed by atoms with van der Waals surface area (Å²) in [6, 6.07) is 4.63. The number of hydrogen-bond acceptors (Lipinski definition) is 5. The highest BCUT2D eigenvalue weighted by molar-refractivity contribution is 7.89. The van der Waals surface area contributed by atoms with Crippen LogP contribution in [0.25, 0.3) is 0 Å². The van der Waals surface area contributed by atoms with E-state index in [-0.39, 0.29) is 21.9 Å². The normalized spacial score (nSPS) is 21.3. The van der Waals surface area contributed by atoms with Crippen LogP contribution in [-0.4, -0.2) is 39.0 Å². The molecule has 1 aromatic carbocycles. The van der Waals surface area contributed by atoms with Gasteiger partial charge in [0, 0.05) is 11.1 Å². The van der Waals surface area contributed by atoms with Crippen molar-refractivity contribution in [2.24, 2.45) is 5.92 Å². The molecule has 0 radical (unpaired) electrons. The van der Waals surface area contributed by atoms with Crippen LogP contribution < -0.4 is 10.0 Å². The molecule has 0 spiro atoms. The van der Waals surface area contributed by atoms with Gasteiger partial charge < -0.3 is 10.1 Å². The van der Waals surface area contributed by atoms with E-state index in [2.05, 4.69) is 17.0 Å². The maximum Gasteiger partial charge on any atom is 0.324 e. The Balaban J connectivity index is 1.83. The van der Waals surface area contributed by atoms with E-state index in [0.717, 1.165) is 25.7 Å². The third-order valence-electron chi connectivity index (χ3n) is 4.60. The van der Waals surface area contributed by atoms with Crippen LogP contribution in [0.15, 0.2) is 29.2 Å². The Morgan fingerprint density at radius 2 is 2.00 bits per heavy atom. The van der Waals surface area contributed by atoms with Gasteiger partial charge in [-0.25, -0.2) is 8.42 Å². The van der Waals surface area contributed by atoms with Crippen molar-refractivity contribution in [1.82, 2.24) is 10.0 Å². The number of sulfonamides is 1. The molecule has 27 heavy (non-hydrogen) atoms. The van der Waals surface area contributed by atoms with Gasteiger partial charge >= 0.3 is 5.97 Å². The summed E-state index contributed by atoms with van der Waals surface area (Å²) >= 11 is 5.80. The standard InChI is InChI=1S/C18H25ClN2O5S/c1-12-6-3-4-9-16(12)20-17(22)11-26-18(23)13(2)21-27(24,25)15-8-5-7-14(19)10-15/h5,7-8,10,12-13,16,21H,3-4,6,9,11H2,1-2H3,(H,20,22)/t12-,13-,16-/m0/s1. The molecule has 1 saturated carbocycles. The molecule has 1 aliphatic rings. The van der Waals surface area contributed by atoms with Crippen molar-refractivity contribution in [2.45, 2.75) is 56.5 Å². The maximum absolute atomic E-state index is 12.3. The SMILES string of the molecule is C[C@H](NS(=O)(=O)c1cccc(Cl)c1)C(=O)OCC(=O)N[C@H]1CCCC[C@@H]1C. The zero-order chi connectivity index (χ0) is 20.0. The lowest BCUT2D eigenvalue weighted by molar-refractivity contribution is -0.150. The molecular weight excluding hydrogens is 392 g/mol. The number of carbonyl (C=O) groups is 2. The van der Waals surface area contributed by atoms with Crippen molar-refractivity contribution >= 4 is 33.5 Å². The van der Waals surface area contributed by atoms with E-state index in [0.29, 0.717) is 5.92 Å². The highest BCUT2D eigenvalue weighted by Crippen LogP contribution is 2.23. The molecule has 0 aliphatic heterocycles. The lowest BCUT2D eigenvalue weighted by atomic mass is 9.86. The Morgan fingerprint density at radius 1 is 1.30 bits per heavy atom. The second-order valence-electron chi connectivity index (χ2n) is 6.84. The first-order valence-electron chi connectivity index (χ1n) is 8.93. The van der Waals surface area contributed by atoms with Crippen LogP contribution in [0.5, 0.6) is 0 Å². The predicted molar refractivity (Wildman–Crippen MR) is 102 cm³/mol. The van der Waals surface area contributed by atoms with Gasteiger partial charge in [-0.05, 0) is 43.9 Å². The monoisotopic (exact) mass is 416 g/mol. The number of benzene rings is 1. The molecule has 150 valence electrons. The van der Waals surface area contributed by atoms with Gasteiger partial charge in [-0.2, -0.15) is 4.72 Å². The molecule has 3 atom stereocenters. The molecule has 2 N–H and O–H groups in total. The topological polar surface area (TPSA) is 102 Å². The van der Waals surface area contributed by atoms with E-state index < -0.39 is 28.6 Å². The van der Waals surface area contributed by atoms with Crippen LogP contribution in [0.1, 0.15) is 39.5 Å². The van der Waals surface area contributed by atoms with Gasteiger partial charge in [-0.15, -0.1) is 0 Å². The lowest BCUT2D eigenvalue weighted by Crippen LogP contribution is -2.44. The first-order chi connectivity index (χ1) is 12.7. The van der Waals surface area contributed by atoms with Crippen molar-refractivity contribution in [3.63, 3.8) is 0 Å². The Labute approximate surface area is 164 Å². The second-order valence-corrected chi connectivity index (χ2v) is 8.99. The molecule has 0 aromatic heterocycles. The van der Waals surface area contributed by atoms with Gasteiger partial charge in [0.25, 0.3) is 5.91 Å². The first kappa shape index (κ1) is 21.7. The third kappa shape index (κ3) is 6.48. The molecule has 2 rings (SSSR count). The Bertz CT molecular complexity index is 784. The average Bonchev–Trinajstić information content (AvgIpc) is 2.61. The van der Waals surface area contributed by atoms with E-state index in [1.165, 1.54) is 25.1 Å². The molecule has 9 heteroatoms. The van der Waals surface area contributed by atoms with Crippen molar-refractivity contribution in [1.29, 1.82) is 0 Å². The van der Waals surface area contributed by atoms with Gasteiger partial charge in [0.2, 0.25) is 10.0 Å². The van der Waals surface area contributed by atoms with Gasteiger partial charge in [-0.1, -0.05) is 37.4 Å². The number of esters is 1. The Hall–Kier alpha value is -1.64. The van der Waals surface area contributed by atoms with E-state index in [1.807, 2.05) is 0 Å². The summed E-state index contributed by atoms with van der Waals surface area (Å²) in [5, 5.41) is 3.14. The van der Waals surface area contributed by atoms with E-state index in [9.17, 15) is 18.0 Å². The van der Waals surface area contributed by atoms with E-state index >= 15 is 0 Å². The summed E-state index contributed by atoms with van der Waals surface area (Å²) in [6.45, 7) is 3.00. The Morgan fingerprint density at radius 3 is 2.67 bits per heavy atom. The summed E-state index contributed by atoms with van der Waals surface area (Å²) in [6.07, 6.45) is 4.20. The van der Waals surface area contributed by atoms with Crippen LogP contribution in [0, 0.1) is 5.92 Å². The molecule has 1 amide bonds. The average molecular weight is 417 g/mol. The summed E-state index contributed by atoms with van der Waals surface area (Å²) in [4.78, 5) is 24.0. The predicted octanol–water partition coefficient (Wildman–Crippen LogP) is 2.24. The van der Waals surface area contributed by atoms with Crippen LogP contribution in [0.3, 0.4) is 0 Å². The van der Waals surface area contributed by atoms with Crippen LogP contribution in [0.2, 0.25) is 5.02 Å². The summed E-state index contributed by atoms with van der Waals surface area (Å²) in [5.74, 6) is -0.818. The quantitative estimate of drug-likeness (QED) is 0.664. The van der Waals surface area contributed by atoms with Crippen molar-refractivity contribution in [3.8, 4) is 0 Å². The smallest absolute Gasteiger partial charge is 0.324 e. The van der Waals surface area contributed by atoms with Crippen LogP contribution in [0.4, 0.5) is 0 Å². The highest BCUT2D eigenvalue weighted by atomic mass is 35.5. The van der Waals surface area contributed by atoms with Gasteiger partial charge in [0.1, 0.15) is 6.04 Å². The number of amides is 1. The van der Waals surface area contributed by atoms with Crippen molar-refractivity contribution in [3.05, 3.63) is 29.3 Å². The highest BCUT2D eigenvalue weighted by Gasteiger charge is 2.26. The summed E-state index contributed by atoms with van der Waals surface area (Å²) in [7, 11) is -3.93. The molecule has 1 aromatic rings. The molecule has 7 nitrogen and oxygen atoms in total. The third-order valence-corrected chi connectivity index (χ3v) is 6.37. The minimum Gasteiger partial charge on any atom is -0.454 e. The summed E-state index contributed by atoms with van der Waals surface area (Å²) < 4.78 is 31.7. The lowest BCUT2D eigenvalue weighted by Gasteiger charge is -2.29. The molecule has 0 unspecified atom stereocenters. The fourth-order valence-corrected chi connectivity index (χ4v) is 4.52. The number of rotatable bonds is 7. The fourth-order valence-electron chi connectivity index (χ4n) is 3.02. The largest absolute Gasteiger partial charge is 0.454 e. The second kappa shape index (κ2) is 9.52. The number of carbonyl (C=O) groups excluding carboxylic acids is 2. The zero-order valence-corrected chi connectivity index (χ0v) is 17.0. The number of halogens is 1. The zero-order valence-electron chi connectivity index (χ0n) is 15.4. The van der Waals surface area contributed by atoms with Gasteiger partial charge in [0.05, 0.1) is 4.90 Å². The van der Waals surface area contributed by atoms with E-state index in [1.54, 1.807) is 6.07 Å². The number of hydrogen-bond donors (Lipinski definition) is 2. The van der Waals surface area contributed by atoms with Gasteiger partial charge in [-0.3, -0.25) is 9.59 Å². The molecule has 0 bridgehead atoms. The van der Waals surface area contributed by atoms with Crippen LogP contribution >= 0.6 is 11.6 Å². The molecular formula is C18H25ClN2O5S. The Kier molecular flexibility index (Phi) is 7.64. The van der Waals surface area contributed by atoms with Crippen molar-refractivity contribution < 1.29 is 22.7 Å². The summed E-state index contributed by atoms with van der Waals surface area (Å²) in [5.41, 5.74) is 0. The minimum absolute atomic E-state index is 0.0568. The molecule has 1 aliphatic carbocycles. The van der Waals surface area contributed by atoms with Crippen molar-refractivity contribution in [2.75, 3.05) is 6.61 Å². The van der Waals surface area contributed by atoms with Gasteiger partial charge in [0.15, 0.2) is 6.61 Å². The first-order valence-corrected chi connectivity index (χ1v) is 10.8. The maximum atomic E-state index is 12.3. The van der Waals surface area contributed by atoms with Crippen LogP contribution in [-0.2, 0) is 24.3 Å². The fraction of sp³-hybridized carbons (Fsp3) is 0.556. The minimum atomic E-state index is -3.93. The molecule has 0 saturated heterocycles.